The Hall–Kier alpha value is -2.74. The number of carbonyl (C=O) groups excluding carboxylic acids is 2. The minimum atomic E-state index is -0.754. The zero-order valence-corrected chi connectivity index (χ0v) is 14.0. The van der Waals surface area contributed by atoms with Crippen molar-refractivity contribution >= 4 is 22.6 Å². The number of morpholine rings is 1. The van der Waals surface area contributed by atoms with Gasteiger partial charge in [-0.25, -0.2) is 9.89 Å². The summed E-state index contributed by atoms with van der Waals surface area (Å²) in [5.74, 6) is -1.04. The van der Waals surface area contributed by atoms with E-state index in [1.165, 1.54) is 0 Å². The fourth-order valence-electron chi connectivity index (χ4n) is 2.94. The Morgan fingerprint density at radius 2 is 1.88 bits per heavy atom. The van der Waals surface area contributed by atoms with E-state index in [9.17, 15) is 14.4 Å². The number of amides is 1. The molecule has 0 spiro atoms. The molecule has 0 saturated carbocycles. The highest BCUT2D eigenvalue weighted by Crippen LogP contribution is 2.14. The van der Waals surface area contributed by atoms with Crippen molar-refractivity contribution in [3.8, 4) is 0 Å². The Bertz CT molecular complexity index is 853. The van der Waals surface area contributed by atoms with E-state index in [2.05, 4.69) is 10.2 Å². The van der Waals surface area contributed by atoms with Crippen molar-refractivity contribution in [2.75, 3.05) is 19.7 Å². The van der Waals surface area contributed by atoms with Crippen LogP contribution in [-0.4, -0.2) is 58.9 Å². The molecular weight excluding hydrogens is 326 g/mol. The molecule has 1 N–H and O–H groups in total. The zero-order chi connectivity index (χ0) is 18.0. The van der Waals surface area contributed by atoms with Gasteiger partial charge in [-0.05, 0) is 19.9 Å². The van der Waals surface area contributed by atoms with Gasteiger partial charge in [-0.2, -0.15) is 5.10 Å². The Morgan fingerprint density at radius 1 is 1.24 bits per heavy atom. The Balaban J connectivity index is 1.70. The van der Waals surface area contributed by atoms with E-state index < -0.39 is 5.97 Å². The molecule has 2 atom stereocenters. The van der Waals surface area contributed by atoms with Gasteiger partial charge < -0.3 is 14.4 Å². The molecule has 1 aromatic carbocycles. The standard InChI is InChI=1S/C17H19N3O5/c1-10-7-20(8-11(2)25-10)14(21)9-24-17(23)15-12-5-3-4-6-13(12)16(22)19-18-15/h3-6,10-11H,7-9H2,1-2H3,(H,19,22)/t10-,11+. The second-order valence-corrected chi connectivity index (χ2v) is 6.08. The number of fused-ring (bicyclic) bond motifs is 1. The molecular formula is C17H19N3O5. The van der Waals surface area contributed by atoms with Gasteiger partial charge in [-0.3, -0.25) is 9.59 Å². The van der Waals surface area contributed by atoms with E-state index in [1.54, 1.807) is 29.2 Å². The van der Waals surface area contributed by atoms with Crippen LogP contribution in [0.3, 0.4) is 0 Å². The van der Waals surface area contributed by atoms with Crippen LogP contribution in [-0.2, 0) is 14.3 Å². The monoisotopic (exact) mass is 345 g/mol. The molecule has 132 valence electrons. The van der Waals surface area contributed by atoms with Crippen molar-refractivity contribution in [1.82, 2.24) is 15.1 Å². The predicted octanol–water partition coefficient (Wildman–Crippen LogP) is 0.716. The van der Waals surface area contributed by atoms with E-state index in [0.29, 0.717) is 23.9 Å². The number of carbonyl (C=O) groups is 2. The van der Waals surface area contributed by atoms with Crippen molar-refractivity contribution in [3.05, 3.63) is 40.3 Å². The van der Waals surface area contributed by atoms with Crippen LogP contribution in [0.15, 0.2) is 29.1 Å². The van der Waals surface area contributed by atoms with Crippen LogP contribution in [0.25, 0.3) is 10.8 Å². The van der Waals surface area contributed by atoms with Crippen LogP contribution in [0.5, 0.6) is 0 Å². The summed E-state index contributed by atoms with van der Waals surface area (Å²) in [4.78, 5) is 37.9. The average Bonchev–Trinajstić information content (AvgIpc) is 2.59. The summed E-state index contributed by atoms with van der Waals surface area (Å²) in [5, 5.41) is 6.76. The lowest BCUT2D eigenvalue weighted by molar-refractivity contribution is -0.146. The summed E-state index contributed by atoms with van der Waals surface area (Å²) in [6.45, 7) is 4.31. The second kappa shape index (κ2) is 7.02. The van der Waals surface area contributed by atoms with Gasteiger partial charge in [0.2, 0.25) is 0 Å². The zero-order valence-electron chi connectivity index (χ0n) is 14.0. The van der Waals surface area contributed by atoms with Crippen LogP contribution in [0.2, 0.25) is 0 Å². The van der Waals surface area contributed by atoms with Crippen LogP contribution in [0.4, 0.5) is 0 Å². The summed E-state index contributed by atoms with van der Waals surface area (Å²) in [6.07, 6.45) is -0.124. The van der Waals surface area contributed by atoms with Crippen molar-refractivity contribution < 1.29 is 19.1 Å². The third-order valence-corrected chi connectivity index (χ3v) is 3.99. The topological polar surface area (TPSA) is 102 Å². The fourth-order valence-corrected chi connectivity index (χ4v) is 2.94. The normalized spacial score (nSPS) is 20.5. The van der Waals surface area contributed by atoms with E-state index >= 15 is 0 Å². The summed E-state index contributed by atoms with van der Waals surface area (Å²) in [6, 6.07) is 6.59. The number of nitrogens with one attached hydrogen (secondary N) is 1. The Kier molecular flexibility index (Phi) is 4.80. The van der Waals surface area contributed by atoms with Crippen LogP contribution in [0.1, 0.15) is 24.3 Å². The number of benzene rings is 1. The number of hydrogen-bond donors (Lipinski definition) is 1. The Labute approximate surface area is 143 Å². The van der Waals surface area contributed by atoms with Crippen molar-refractivity contribution in [2.24, 2.45) is 0 Å². The first-order valence-electron chi connectivity index (χ1n) is 8.03. The summed E-state index contributed by atoms with van der Waals surface area (Å²) >= 11 is 0. The van der Waals surface area contributed by atoms with Gasteiger partial charge in [0.05, 0.1) is 17.6 Å². The summed E-state index contributed by atoms with van der Waals surface area (Å²) in [5.41, 5.74) is -0.411. The number of H-pyrrole nitrogens is 1. The van der Waals surface area contributed by atoms with Crippen molar-refractivity contribution in [1.29, 1.82) is 0 Å². The molecule has 0 bridgehead atoms. The van der Waals surface area contributed by atoms with Gasteiger partial charge in [-0.15, -0.1) is 0 Å². The van der Waals surface area contributed by atoms with E-state index in [1.807, 2.05) is 13.8 Å². The molecule has 8 heteroatoms. The molecule has 1 aromatic heterocycles. The smallest absolute Gasteiger partial charge is 0.359 e. The average molecular weight is 345 g/mol. The number of ether oxygens (including phenoxy) is 2. The third-order valence-electron chi connectivity index (χ3n) is 3.99. The molecule has 1 aliphatic rings. The highest BCUT2D eigenvalue weighted by Gasteiger charge is 2.27. The van der Waals surface area contributed by atoms with Crippen LogP contribution < -0.4 is 5.56 Å². The van der Waals surface area contributed by atoms with E-state index in [0.717, 1.165) is 0 Å². The molecule has 8 nitrogen and oxygen atoms in total. The fraction of sp³-hybridized carbons (Fsp3) is 0.412. The van der Waals surface area contributed by atoms with Gasteiger partial charge in [0.15, 0.2) is 12.3 Å². The molecule has 2 aromatic rings. The lowest BCUT2D eigenvalue weighted by atomic mass is 10.1. The highest BCUT2D eigenvalue weighted by atomic mass is 16.5. The Morgan fingerprint density at radius 3 is 2.56 bits per heavy atom. The number of nitrogens with zero attached hydrogens (tertiary/aromatic N) is 2. The summed E-state index contributed by atoms with van der Waals surface area (Å²) < 4.78 is 10.7. The quantitative estimate of drug-likeness (QED) is 0.823. The van der Waals surface area contributed by atoms with Crippen LogP contribution in [0, 0.1) is 0 Å². The first-order chi connectivity index (χ1) is 12.0. The molecule has 2 heterocycles. The lowest BCUT2D eigenvalue weighted by Crippen LogP contribution is -2.49. The number of esters is 1. The minimum Gasteiger partial charge on any atom is -0.451 e. The van der Waals surface area contributed by atoms with Crippen LogP contribution >= 0.6 is 0 Å². The molecule has 1 aliphatic heterocycles. The van der Waals surface area contributed by atoms with Gasteiger partial charge in [0.1, 0.15) is 0 Å². The molecule has 1 fully saturated rings. The SMILES string of the molecule is C[C@@H]1CN(C(=O)COC(=O)c2n[nH]c(=O)c3ccccc23)C[C@H](C)O1. The third kappa shape index (κ3) is 3.69. The molecule has 0 radical (unpaired) electrons. The highest BCUT2D eigenvalue weighted by molar-refractivity contribution is 6.02. The second-order valence-electron chi connectivity index (χ2n) is 6.08. The number of aromatic amines is 1. The first kappa shape index (κ1) is 17.1. The maximum absolute atomic E-state index is 12.3. The largest absolute Gasteiger partial charge is 0.451 e. The first-order valence-corrected chi connectivity index (χ1v) is 8.03. The maximum Gasteiger partial charge on any atom is 0.359 e. The predicted molar refractivity (Wildman–Crippen MR) is 89.2 cm³/mol. The van der Waals surface area contributed by atoms with Gasteiger partial charge in [0, 0.05) is 18.5 Å². The van der Waals surface area contributed by atoms with E-state index in [-0.39, 0.29) is 36.0 Å². The van der Waals surface area contributed by atoms with Gasteiger partial charge >= 0.3 is 5.97 Å². The van der Waals surface area contributed by atoms with Gasteiger partial charge in [-0.1, -0.05) is 18.2 Å². The van der Waals surface area contributed by atoms with Crippen molar-refractivity contribution in [2.45, 2.75) is 26.1 Å². The summed E-state index contributed by atoms with van der Waals surface area (Å²) in [7, 11) is 0. The van der Waals surface area contributed by atoms with E-state index in [4.69, 9.17) is 9.47 Å². The minimum absolute atomic E-state index is 0.0216. The maximum atomic E-state index is 12.3. The molecule has 1 saturated heterocycles. The molecule has 0 aliphatic carbocycles. The molecule has 25 heavy (non-hydrogen) atoms. The lowest BCUT2D eigenvalue weighted by Gasteiger charge is -2.35. The molecule has 3 rings (SSSR count). The van der Waals surface area contributed by atoms with Gasteiger partial charge in [0.25, 0.3) is 11.5 Å². The molecule has 0 unspecified atom stereocenters. The number of hydrogen-bond acceptors (Lipinski definition) is 6. The number of rotatable bonds is 3. The van der Waals surface area contributed by atoms with Crippen molar-refractivity contribution in [3.63, 3.8) is 0 Å². The number of aromatic nitrogens is 2. The molecule has 1 amide bonds.